The molecule has 0 spiro atoms. The molecule has 1 saturated heterocycles. The van der Waals surface area contributed by atoms with Gasteiger partial charge in [-0.2, -0.15) is 0 Å². The van der Waals surface area contributed by atoms with Crippen LogP contribution in [0.4, 0.5) is 0 Å². The summed E-state index contributed by atoms with van der Waals surface area (Å²) in [4.78, 5) is 11.1. The van der Waals surface area contributed by atoms with Crippen molar-refractivity contribution in [2.75, 3.05) is 13.2 Å². The molecule has 6 nitrogen and oxygen atoms in total. The van der Waals surface area contributed by atoms with Gasteiger partial charge in [0.2, 0.25) is 0 Å². The molecule has 2 N–H and O–H groups in total. The number of β-amino-alcohol motifs (C(OH)–C–C–N with tert-alkyl or cyclic N) is 1. The molecule has 4 heterocycles. The van der Waals surface area contributed by atoms with E-state index in [4.69, 9.17) is 12.2 Å². The summed E-state index contributed by atoms with van der Waals surface area (Å²) < 4.78 is 2.16. The Balaban J connectivity index is 1.83. The predicted molar refractivity (Wildman–Crippen MR) is 112 cm³/mol. The molecule has 2 atom stereocenters. The van der Waals surface area contributed by atoms with Crippen molar-refractivity contribution in [3.63, 3.8) is 0 Å². The van der Waals surface area contributed by atoms with E-state index in [-0.39, 0.29) is 18.7 Å². The number of thiocarbonyl (C=S) groups is 1. The summed E-state index contributed by atoms with van der Waals surface area (Å²) in [6.45, 7) is 4.68. The van der Waals surface area contributed by atoms with Crippen LogP contribution in [-0.2, 0) is 0 Å². The zero-order chi connectivity index (χ0) is 19.7. The molecule has 0 amide bonds. The van der Waals surface area contributed by atoms with E-state index in [1.54, 1.807) is 12.4 Å². The minimum atomic E-state index is -0.0852. The third-order valence-corrected chi connectivity index (χ3v) is 5.56. The summed E-state index contributed by atoms with van der Waals surface area (Å²) >= 11 is 5.59. The summed E-state index contributed by atoms with van der Waals surface area (Å²) in [5.41, 5.74) is 4.29. The molecule has 0 saturated carbocycles. The van der Waals surface area contributed by atoms with Crippen LogP contribution in [0.2, 0.25) is 0 Å². The van der Waals surface area contributed by atoms with Crippen molar-refractivity contribution in [2.24, 2.45) is 0 Å². The van der Waals surface area contributed by atoms with Crippen LogP contribution in [0, 0.1) is 13.8 Å². The van der Waals surface area contributed by atoms with Crippen LogP contribution in [0.1, 0.15) is 34.7 Å². The molecule has 0 aliphatic carbocycles. The van der Waals surface area contributed by atoms with E-state index in [1.165, 1.54) is 0 Å². The minimum absolute atomic E-state index is 0.0340. The second kappa shape index (κ2) is 7.69. The number of nitrogens with one attached hydrogen (secondary N) is 1. The third kappa shape index (κ3) is 3.16. The normalized spacial score (nSPS) is 19.1. The van der Waals surface area contributed by atoms with Gasteiger partial charge in [0.25, 0.3) is 0 Å². The lowest BCUT2D eigenvalue weighted by atomic mass is 9.97. The van der Waals surface area contributed by atoms with Gasteiger partial charge < -0.3 is 19.9 Å². The van der Waals surface area contributed by atoms with Crippen LogP contribution < -0.4 is 5.32 Å². The molecule has 1 fully saturated rings. The van der Waals surface area contributed by atoms with E-state index >= 15 is 0 Å². The summed E-state index contributed by atoms with van der Waals surface area (Å²) in [6.07, 6.45) is 3.60. The van der Waals surface area contributed by atoms with Gasteiger partial charge in [0, 0.05) is 30.3 Å². The Morgan fingerprint density at radius 3 is 2.50 bits per heavy atom. The number of rotatable bonds is 5. The number of pyridine rings is 2. The maximum Gasteiger partial charge on any atom is 0.170 e. The summed E-state index contributed by atoms with van der Waals surface area (Å²) in [5.74, 6) is 0.889. The number of aliphatic hydroxyl groups excluding tert-OH is 1. The molecule has 0 bridgehead atoms. The van der Waals surface area contributed by atoms with Crippen LogP contribution in [0.25, 0.3) is 5.82 Å². The molecule has 4 rings (SSSR count). The Hall–Kier alpha value is -2.77. The Bertz CT molecular complexity index is 973. The van der Waals surface area contributed by atoms with E-state index < -0.39 is 0 Å². The number of aryl methyl sites for hydroxylation is 1. The Labute approximate surface area is 169 Å². The van der Waals surface area contributed by atoms with Gasteiger partial charge in [0.1, 0.15) is 5.82 Å². The van der Waals surface area contributed by atoms with Gasteiger partial charge in [-0.25, -0.2) is 4.98 Å². The van der Waals surface area contributed by atoms with Crippen LogP contribution in [0.5, 0.6) is 0 Å². The highest BCUT2D eigenvalue weighted by Crippen LogP contribution is 2.40. The lowest BCUT2D eigenvalue weighted by molar-refractivity contribution is 0.223. The first-order valence-electron chi connectivity index (χ1n) is 9.31. The molecule has 3 aromatic heterocycles. The monoisotopic (exact) mass is 393 g/mol. The van der Waals surface area contributed by atoms with Gasteiger partial charge in [-0.15, -0.1) is 0 Å². The molecule has 0 unspecified atom stereocenters. The maximum atomic E-state index is 9.61. The van der Waals surface area contributed by atoms with Crippen molar-refractivity contribution < 1.29 is 5.11 Å². The van der Waals surface area contributed by atoms with Crippen molar-refractivity contribution in [3.8, 4) is 5.82 Å². The number of hydrogen-bond acceptors (Lipinski definition) is 4. The zero-order valence-electron chi connectivity index (χ0n) is 15.9. The van der Waals surface area contributed by atoms with Crippen LogP contribution in [0.15, 0.2) is 54.9 Å². The average Bonchev–Trinajstić information content (AvgIpc) is 3.19. The topological polar surface area (TPSA) is 66.2 Å². The molecule has 1 aliphatic rings. The fourth-order valence-electron chi connectivity index (χ4n) is 4.02. The highest BCUT2D eigenvalue weighted by molar-refractivity contribution is 7.80. The van der Waals surface area contributed by atoms with Gasteiger partial charge in [-0.05, 0) is 62.0 Å². The molecule has 144 valence electrons. The summed E-state index contributed by atoms with van der Waals surface area (Å²) in [7, 11) is 0. The smallest absolute Gasteiger partial charge is 0.170 e. The van der Waals surface area contributed by atoms with E-state index in [9.17, 15) is 5.11 Å². The Kier molecular flexibility index (Phi) is 5.11. The van der Waals surface area contributed by atoms with Gasteiger partial charge in [0.05, 0.1) is 24.4 Å². The van der Waals surface area contributed by atoms with Gasteiger partial charge in [-0.1, -0.05) is 12.1 Å². The van der Waals surface area contributed by atoms with E-state index in [0.29, 0.717) is 11.7 Å². The molecule has 0 aromatic carbocycles. The van der Waals surface area contributed by atoms with Gasteiger partial charge >= 0.3 is 0 Å². The summed E-state index contributed by atoms with van der Waals surface area (Å²) in [5, 5.41) is 13.7. The molecule has 1 aliphatic heterocycles. The van der Waals surface area contributed by atoms with Crippen LogP contribution in [-0.4, -0.2) is 42.8 Å². The quantitative estimate of drug-likeness (QED) is 0.650. The fraction of sp³-hybridized carbons (Fsp3) is 0.286. The second-order valence-electron chi connectivity index (χ2n) is 6.89. The average molecular weight is 394 g/mol. The van der Waals surface area contributed by atoms with Crippen molar-refractivity contribution in [1.82, 2.24) is 24.8 Å². The van der Waals surface area contributed by atoms with Crippen molar-refractivity contribution >= 4 is 17.3 Å². The van der Waals surface area contributed by atoms with Crippen molar-refractivity contribution in [1.29, 1.82) is 0 Å². The maximum absolute atomic E-state index is 9.61. The molecule has 28 heavy (non-hydrogen) atoms. The molecular formula is C21H23N5OS. The number of hydrogen-bond donors (Lipinski definition) is 2. The van der Waals surface area contributed by atoms with Crippen molar-refractivity contribution in [3.05, 3.63) is 77.5 Å². The largest absolute Gasteiger partial charge is 0.395 e. The van der Waals surface area contributed by atoms with Gasteiger partial charge in [0.15, 0.2) is 5.11 Å². The predicted octanol–water partition coefficient (Wildman–Crippen LogP) is 2.85. The first-order valence-corrected chi connectivity index (χ1v) is 9.72. The fourth-order valence-corrected chi connectivity index (χ4v) is 4.35. The van der Waals surface area contributed by atoms with Crippen molar-refractivity contribution in [2.45, 2.75) is 25.9 Å². The lowest BCUT2D eigenvalue weighted by Crippen LogP contribution is -2.32. The zero-order valence-corrected chi connectivity index (χ0v) is 16.7. The third-order valence-electron chi connectivity index (χ3n) is 5.21. The number of nitrogens with zero attached hydrogens (tertiary/aromatic N) is 4. The molecule has 0 radical (unpaired) electrons. The van der Waals surface area contributed by atoms with E-state index in [2.05, 4.69) is 44.7 Å². The molecule has 7 heteroatoms. The van der Waals surface area contributed by atoms with Crippen LogP contribution in [0.3, 0.4) is 0 Å². The SMILES string of the molecule is Cc1cc([C@H]2[C@@H](c3ccccn3)NC(=S)N2CCO)c(C)n1-c1ccccn1. The number of aliphatic hydroxyl groups is 1. The van der Waals surface area contributed by atoms with E-state index in [1.807, 2.05) is 36.4 Å². The Morgan fingerprint density at radius 2 is 1.86 bits per heavy atom. The first-order chi connectivity index (χ1) is 13.6. The Morgan fingerprint density at radius 1 is 1.11 bits per heavy atom. The van der Waals surface area contributed by atoms with Gasteiger partial charge in [-0.3, -0.25) is 4.98 Å². The lowest BCUT2D eigenvalue weighted by Gasteiger charge is -2.27. The standard InChI is InChI=1S/C21H23N5OS/c1-14-13-16(15(2)26(14)18-8-4-6-10-23-18)20-19(17-7-3-5-9-22-17)24-21(28)25(20)11-12-27/h3-10,13,19-20,27H,11-12H2,1-2H3,(H,24,28)/t19-,20+/m1/s1. The summed E-state index contributed by atoms with van der Waals surface area (Å²) in [6, 6.07) is 13.8. The highest BCUT2D eigenvalue weighted by Gasteiger charge is 2.41. The molecular weight excluding hydrogens is 370 g/mol. The van der Waals surface area contributed by atoms with E-state index in [0.717, 1.165) is 28.5 Å². The second-order valence-corrected chi connectivity index (χ2v) is 7.28. The molecule has 3 aromatic rings. The highest BCUT2D eigenvalue weighted by atomic mass is 32.1. The number of aromatic nitrogens is 3. The van der Waals surface area contributed by atoms with Crippen LogP contribution >= 0.6 is 12.2 Å². The first kappa shape index (κ1) is 18.6. The minimum Gasteiger partial charge on any atom is -0.395 e.